The molecule has 0 radical (unpaired) electrons. The Balaban J connectivity index is 2.03. The zero-order valence-electron chi connectivity index (χ0n) is 9.71. The highest BCUT2D eigenvalue weighted by Crippen LogP contribution is 2.59. The van der Waals surface area contributed by atoms with Gasteiger partial charge in [0.05, 0.1) is 6.61 Å². The van der Waals surface area contributed by atoms with Crippen molar-refractivity contribution in [2.45, 2.75) is 25.2 Å². The van der Waals surface area contributed by atoms with Crippen molar-refractivity contribution in [2.24, 2.45) is 0 Å². The van der Waals surface area contributed by atoms with Gasteiger partial charge in [-0.15, -0.1) is 0 Å². The van der Waals surface area contributed by atoms with Gasteiger partial charge < -0.3 is 14.2 Å². The average Bonchev–Trinajstić information content (AvgIpc) is 2.95. The van der Waals surface area contributed by atoms with Crippen molar-refractivity contribution in [1.82, 2.24) is 0 Å². The van der Waals surface area contributed by atoms with E-state index in [-0.39, 0.29) is 5.41 Å². The van der Waals surface area contributed by atoms with E-state index in [1.54, 1.807) is 7.11 Å². The molecule has 1 heterocycles. The first-order chi connectivity index (χ1) is 7.77. The molecular weight excluding hydrogens is 204 g/mol. The predicted octanol–water partition coefficient (Wildman–Crippen LogP) is 2.40. The monoisotopic (exact) mass is 220 g/mol. The first kappa shape index (κ1) is 9.97. The zero-order chi connectivity index (χ0) is 11.2. The molecule has 2 aliphatic rings. The van der Waals surface area contributed by atoms with Crippen molar-refractivity contribution in [3.8, 4) is 11.5 Å². The maximum absolute atomic E-state index is 5.81. The zero-order valence-corrected chi connectivity index (χ0v) is 9.71. The second-order valence-electron chi connectivity index (χ2n) is 4.70. The standard InChI is InChI=1S/C13H16O3/c1-9-3-4-10(16-8-14-2)11-12(9)15-7-13(11)5-6-13/h3-4H,5-8H2,1-2H3. The molecule has 3 rings (SSSR count). The van der Waals surface area contributed by atoms with Crippen LogP contribution in [-0.4, -0.2) is 20.5 Å². The Morgan fingerprint density at radius 2 is 2.19 bits per heavy atom. The summed E-state index contributed by atoms with van der Waals surface area (Å²) in [6.07, 6.45) is 2.43. The van der Waals surface area contributed by atoms with Gasteiger partial charge in [0.25, 0.3) is 0 Å². The van der Waals surface area contributed by atoms with Crippen LogP contribution in [0.5, 0.6) is 11.5 Å². The summed E-state index contributed by atoms with van der Waals surface area (Å²) in [4.78, 5) is 0. The molecule has 0 atom stereocenters. The van der Waals surface area contributed by atoms with Gasteiger partial charge in [-0.1, -0.05) is 6.07 Å². The first-order valence-electron chi connectivity index (χ1n) is 5.65. The van der Waals surface area contributed by atoms with Gasteiger partial charge in [0, 0.05) is 18.1 Å². The molecule has 16 heavy (non-hydrogen) atoms. The first-order valence-corrected chi connectivity index (χ1v) is 5.65. The van der Waals surface area contributed by atoms with E-state index in [4.69, 9.17) is 14.2 Å². The molecule has 1 aromatic carbocycles. The highest BCUT2D eigenvalue weighted by Gasteiger charge is 2.53. The summed E-state index contributed by atoms with van der Waals surface area (Å²) >= 11 is 0. The minimum absolute atomic E-state index is 0.254. The summed E-state index contributed by atoms with van der Waals surface area (Å²) in [7, 11) is 1.64. The number of aryl methyl sites for hydroxylation is 1. The van der Waals surface area contributed by atoms with Gasteiger partial charge in [0.2, 0.25) is 0 Å². The van der Waals surface area contributed by atoms with Crippen LogP contribution < -0.4 is 9.47 Å². The second kappa shape index (κ2) is 3.39. The van der Waals surface area contributed by atoms with E-state index < -0.39 is 0 Å². The maximum Gasteiger partial charge on any atom is 0.188 e. The molecule has 0 N–H and O–H groups in total. The molecule has 1 spiro atoms. The third-order valence-electron chi connectivity index (χ3n) is 3.53. The van der Waals surface area contributed by atoms with E-state index in [9.17, 15) is 0 Å². The predicted molar refractivity (Wildman–Crippen MR) is 60.1 cm³/mol. The summed E-state index contributed by atoms with van der Waals surface area (Å²) < 4.78 is 16.4. The number of fused-ring (bicyclic) bond motifs is 2. The van der Waals surface area contributed by atoms with Gasteiger partial charge in [0.1, 0.15) is 11.5 Å². The minimum atomic E-state index is 0.254. The fourth-order valence-electron chi connectivity index (χ4n) is 2.43. The second-order valence-corrected chi connectivity index (χ2v) is 4.70. The van der Waals surface area contributed by atoms with Gasteiger partial charge in [-0.25, -0.2) is 0 Å². The molecule has 0 saturated heterocycles. The maximum atomic E-state index is 5.81. The van der Waals surface area contributed by atoms with Crippen LogP contribution in [0.3, 0.4) is 0 Å². The van der Waals surface area contributed by atoms with E-state index in [1.165, 1.54) is 24.0 Å². The molecule has 1 aromatic rings. The topological polar surface area (TPSA) is 27.7 Å². The van der Waals surface area contributed by atoms with Crippen LogP contribution in [0, 0.1) is 6.92 Å². The van der Waals surface area contributed by atoms with E-state index in [0.29, 0.717) is 6.79 Å². The van der Waals surface area contributed by atoms with E-state index in [1.807, 2.05) is 12.1 Å². The van der Waals surface area contributed by atoms with Crippen molar-refractivity contribution in [3.63, 3.8) is 0 Å². The molecule has 3 heteroatoms. The van der Waals surface area contributed by atoms with Crippen LogP contribution >= 0.6 is 0 Å². The quantitative estimate of drug-likeness (QED) is 0.732. The van der Waals surface area contributed by atoms with Crippen molar-refractivity contribution in [1.29, 1.82) is 0 Å². The molecule has 1 fully saturated rings. The fourth-order valence-corrected chi connectivity index (χ4v) is 2.43. The van der Waals surface area contributed by atoms with Crippen LogP contribution in [0.15, 0.2) is 12.1 Å². The van der Waals surface area contributed by atoms with Gasteiger partial charge in [-0.05, 0) is 31.4 Å². The molecule has 1 aliphatic heterocycles. The van der Waals surface area contributed by atoms with Gasteiger partial charge in [-0.2, -0.15) is 0 Å². The van der Waals surface area contributed by atoms with E-state index >= 15 is 0 Å². The fraction of sp³-hybridized carbons (Fsp3) is 0.538. The number of rotatable bonds is 3. The Kier molecular flexibility index (Phi) is 2.11. The summed E-state index contributed by atoms with van der Waals surface area (Å²) in [5.74, 6) is 1.96. The highest BCUT2D eigenvalue weighted by atomic mass is 16.7. The molecule has 86 valence electrons. The molecule has 3 nitrogen and oxygen atoms in total. The van der Waals surface area contributed by atoms with E-state index in [0.717, 1.165) is 18.1 Å². The molecule has 1 aliphatic carbocycles. The van der Waals surface area contributed by atoms with Crippen LogP contribution in [0.25, 0.3) is 0 Å². The van der Waals surface area contributed by atoms with Gasteiger partial charge >= 0.3 is 0 Å². The molecule has 0 unspecified atom stereocenters. The van der Waals surface area contributed by atoms with Crippen LogP contribution in [0.2, 0.25) is 0 Å². The summed E-state index contributed by atoms with van der Waals surface area (Å²) in [5, 5.41) is 0. The van der Waals surface area contributed by atoms with Crippen molar-refractivity contribution < 1.29 is 14.2 Å². The smallest absolute Gasteiger partial charge is 0.188 e. The number of hydrogen-bond donors (Lipinski definition) is 0. The Hall–Kier alpha value is -1.22. The van der Waals surface area contributed by atoms with E-state index in [2.05, 4.69) is 6.92 Å². The molecule has 1 saturated carbocycles. The summed E-state index contributed by atoms with van der Waals surface area (Å²) in [5.41, 5.74) is 2.72. The average molecular weight is 220 g/mol. The van der Waals surface area contributed by atoms with Crippen molar-refractivity contribution >= 4 is 0 Å². The Morgan fingerprint density at radius 3 is 2.88 bits per heavy atom. The Labute approximate surface area is 95.3 Å². The lowest BCUT2D eigenvalue weighted by Crippen LogP contribution is -2.10. The van der Waals surface area contributed by atoms with Crippen LogP contribution in [0.4, 0.5) is 0 Å². The van der Waals surface area contributed by atoms with Gasteiger partial charge in [-0.3, -0.25) is 0 Å². The summed E-state index contributed by atoms with van der Waals surface area (Å²) in [6, 6.07) is 4.08. The lowest BCUT2D eigenvalue weighted by molar-refractivity contribution is 0.0502. The Morgan fingerprint density at radius 1 is 1.38 bits per heavy atom. The SMILES string of the molecule is COCOc1ccc(C)c2c1C1(CC1)CO2. The number of benzene rings is 1. The van der Waals surface area contributed by atoms with Crippen LogP contribution in [0.1, 0.15) is 24.0 Å². The van der Waals surface area contributed by atoms with Gasteiger partial charge in [0.15, 0.2) is 6.79 Å². The molecule has 0 bridgehead atoms. The number of methoxy groups -OCH3 is 1. The number of ether oxygens (including phenoxy) is 3. The van der Waals surface area contributed by atoms with Crippen LogP contribution in [-0.2, 0) is 10.2 Å². The normalized spacial score (nSPS) is 19.4. The molecular formula is C13H16O3. The Bertz CT molecular complexity index is 421. The third kappa shape index (κ3) is 1.31. The number of hydrogen-bond acceptors (Lipinski definition) is 3. The highest BCUT2D eigenvalue weighted by molar-refractivity contribution is 5.58. The minimum Gasteiger partial charge on any atom is -0.492 e. The van der Waals surface area contributed by atoms with Crippen molar-refractivity contribution in [2.75, 3.05) is 20.5 Å². The largest absolute Gasteiger partial charge is 0.492 e. The molecule has 0 aromatic heterocycles. The third-order valence-corrected chi connectivity index (χ3v) is 3.53. The lowest BCUT2D eigenvalue weighted by atomic mass is 9.95. The lowest BCUT2D eigenvalue weighted by Gasteiger charge is -2.13. The molecule has 0 amide bonds. The summed E-state index contributed by atoms with van der Waals surface area (Å²) in [6.45, 7) is 3.20. The van der Waals surface area contributed by atoms with Crippen molar-refractivity contribution in [3.05, 3.63) is 23.3 Å².